The van der Waals surface area contributed by atoms with Gasteiger partial charge in [-0.25, -0.2) is 4.79 Å². The van der Waals surface area contributed by atoms with Crippen molar-refractivity contribution in [1.29, 1.82) is 0 Å². The van der Waals surface area contributed by atoms with Crippen molar-refractivity contribution in [2.24, 2.45) is 23.7 Å². The smallest absolute Gasteiger partial charge is 0.343 e. The van der Waals surface area contributed by atoms with Gasteiger partial charge in [-0.2, -0.15) is 0 Å². The molecule has 150 valence electrons. The lowest BCUT2D eigenvalue weighted by atomic mass is 9.85. The van der Waals surface area contributed by atoms with Gasteiger partial charge in [0.15, 0.2) is 5.78 Å². The first-order valence-electron chi connectivity index (χ1n) is 9.94. The summed E-state index contributed by atoms with van der Waals surface area (Å²) in [5.74, 6) is -1.17. The molecular weight excluding hydrogens is 382 g/mol. The summed E-state index contributed by atoms with van der Waals surface area (Å²) in [5, 5.41) is 0. The molecule has 0 N–H and O–H groups in total. The van der Waals surface area contributed by atoms with E-state index in [9.17, 15) is 19.2 Å². The van der Waals surface area contributed by atoms with Gasteiger partial charge in [0.25, 0.3) is 0 Å². The molecular formula is C24H19NO5. The van der Waals surface area contributed by atoms with E-state index in [1.54, 1.807) is 36.4 Å². The molecule has 2 amide bonds. The Kier molecular flexibility index (Phi) is 4.17. The summed E-state index contributed by atoms with van der Waals surface area (Å²) < 4.78 is 5.38. The van der Waals surface area contributed by atoms with E-state index in [0.29, 0.717) is 11.3 Å². The van der Waals surface area contributed by atoms with Crippen molar-refractivity contribution < 1.29 is 23.9 Å². The topological polar surface area (TPSA) is 80.8 Å². The summed E-state index contributed by atoms with van der Waals surface area (Å²) >= 11 is 0. The molecule has 4 atom stereocenters. The Morgan fingerprint density at radius 1 is 0.900 bits per heavy atom. The molecule has 2 bridgehead atoms. The SMILES string of the molecule is CC(=O)c1ccccc1OC(=O)c1ccc(N2C(=O)C3C4C=CC(C4)C3C2=O)cc1. The second-order valence-electron chi connectivity index (χ2n) is 8.00. The van der Waals surface area contributed by atoms with E-state index < -0.39 is 5.97 Å². The lowest BCUT2D eigenvalue weighted by molar-refractivity contribution is -0.123. The third-order valence-corrected chi connectivity index (χ3v) is 6.30. The number of nitrogens with zero attached hydrogens (tertiary/aromatic N) is 1. The van der Waals surface area contributed by atoms with Crippen LogP contribution in [0.2, 0.25) is 0 Å². The zero-order valence-electron chi connectivity index (χ0n) is 16.3. The van der Waals surface area contributed by atoms with Crippen LogP contribution in [0.4, 0.5) is 5.69 Å². The van der Waals surface area contributed by atoms with Crippen LogP contribution >= 0.6 is 0 Å². The van der Waals surface area contributed by atoms with Crippen molar-refractivity contribution >= 4 is 29.3 Å². The Hall–Kier alpha value is -3.54. The fourth-order valence-corrected chi connectivity index (χ4v) is 4.91. The minimum atomic E-state index is -0.617. The van der Waals surface area contributed by atoms with E-state index in [1.807, 2.05) is 0 Å². The number of ketones is 1. The number of fused-ring (bicyclic) bond motifs is 5. The Morgan fingerprint density at radius 2 is 1.50 bits per heavy atom. The van der Waals surface area contributed by atoms with E-state index >= 15 is 0 Å². The number of hydrogen-bond donors (Lipinski definition) is 0. The van der Waals surface area contributed by atoms with Crippen LogP contribution in [-0.4, -0.2) is 23.6 Å². The molecule has 6 heteroatoms. The lowest BCUT2D eigenvalue weighted by Gasteiger charge is -2.17. The highest BCUT2D eigenvalue weighted by molar-refractivity contribution is 6.22. The van der Waals surface area contributed by atoms with Crippen molar-refractivity contribution in [3.63, 3.8) is 0 Å². The summed E-state index contributed by atoms with van der Waals surface area (Å²) in [7, 11) is 0. The van der Waals surface area contributed by atoms with Gasteiger partial charge in [0.2, 0.25) is 11.8 Å². The van der Waals surface area contributed by atoms with Crippen LogP contribution in [0.15, 0.2) is 60.7 Å². The average molecular weight is 401 g/mol. The van der Waals surface area contributed by atoms with Gasteiger partial charge in [0.05, 0.1) is 28.7 Å². The number of benzene rings is 2. The number of Topliss-reactive ketones (excluding diaryl/α,β-unsaturated/α-hetero) is 1. The molecule has 1 heterocycles. The summed E-state index contributed by atoms with van der Waals surface area (Å²) in [4.78, 5) is 51.3. The van der Waals surface area contributed by atoms with Gasteiger partial charge in [-0.1, -0.05) is 24.3 Å². The van der Waals surface area contributed by atoms with Gasteiger partial charge in [-0.05, 0) is 61.6 Å². The molecule has 30 heavy (non-hydrogen) atoms. The molecule has 6 nitrogen and oxygen atoms in total. The highest BCUT2D eigenvalue weighted by atomic mass is 16.5. The molecule has 2 aliphatic carbocycles. The quantitative estimate of drug-likeness (QED) is 0.258. The zero-order valence-corrected chi connectivity index (χ0v) is 16.3. The number of carbonyl (C=O) groups is 4. The van der Waals surface area contributed by atoms with Crippen LogP contribution in [0.1, 0.15) is 34.1 Å². The first kappa shape index (κ1) is 18.5. The largest absolute Gasteiger partial charge is 0.422 e. The third-order valence-electron chi connectivity index (χ3n) is 6.30. The molecule has 0 spiro atoms. The number of anilines is 1. The first-order valence-corrected chi connectivity index (χ1v) is 9.94. The van der Waals surface area contributed by atoms with E-state index in [1.165, 1.54) is 24.0 Å². The van der Waals surface area contributed by atoms with Crippen LogP contribution in [0.25, 0.3) is 0 Å². The molecule has 2 fully saturated rings. The standard InChI is InChI=1S/C24H19NO5/c1-13(26)18-4-2-3-5-19(18)30-24(29)14-8-10-17(11-9-14)25-22(27)20-15-6-7-16(12-15)21(20)23(25)28/h2-11,15-16,20-21H,12H2,1H3. The van der Waals surface area contributed by atoms with Crippen LogP contribution in [0, 0.1) is 23.7 Å². The number of carbonyl (C=O) groups excluding carboxylic acids is 4. The predicted octanol–water partition coefficient (Wildman–Crippen LogP) is 3.42. The highest BCUT2D eigenvalue weighted by Gasteiger charge is 2.59. The maximum atomic E-state index is 12.9. The molecule has 2 aromatic carbocycles. The fraction of sp³-hybridized carbons (Fsp3) is 0.250. The second kappa shape index (κ2) is 6.76. The van der Waals surface area contributed by atoms with E-state index in [-0.39, 0.29) is 52.6 Å². The van der Waals surface area contributed by atoms with Gasteiger partial charge in [-0.3, -0.25) is 19.3 Å². The van der Waals surface area contributed by atoms with Gasteiger partial charge < -0.3 is 4.74 Å². The number of amides is 2. The van der Waals surface area contributed by atoms with E-state index in [0.717, 1.165) is 6.42 Å². The maximum absolute atomic E-state index is 12.9. The minimum absolute atomic E-state index is 0.150. The van der Waals surface area contributed by atoms with Gasteiger partial charge in [0.1, 0.15) is 5.75 Å². The van der Waals surface area contributed by atoms with Gasteiger partial charge >= 0.3 is 5.97 Å². The summed E-state index contributed by atoms with van der Waals surface area (Å²) in [6, 6.07) is 12.7. The molecule has 1 saturated carbocycles. The number of esters is 1. The third kappa shape index (κ3) is 2.71. The highest BCUT2D eigenvalue weighted by Crippen LogP contribution is 2.53. The summed E-state index contributed by atoms with van der Waals surface area (Å²) in [5.41, 5.74) is 1.04. The number of allylic oxidation sites excluding steroid dienone is 2. The number of ether oxygens (including phenoxy) is 1. The Bertz CT molecular complexity index is 1090. The lowest BCUT2D eigenvalue weighted by Crippen LogP contribution is -2.32. The fourth-order valence-electron chi connectivity index (χ4n) is 4.91. The van der Waals surface area contributed by atoms with Crippen molar-refractivity contribution in [2.45, 2.75) is 13.3 Å². The molecule has 3 aliphatic rings. The number of imide groups is 1. The molecule has 0 aromatic heterocycles. The summed E-state index contributed by atoms with van der Waals surface area (Å²) in [6.45, 7) is 1.41. The Balaban J connectivity index is 1.35. The number of rotatable bonds is 4. The zero-order chi connectivity index (χ0) is 21.0. The van der Waals surface area contributed by atoms with Crippen molar-refractivity contribution in [2.75, 3.05) is 4.90 Å². The van der Waals surface area contributed by atoms with Crippen LogP contribution in [0.3, 0.4) is 0 Å². The van der Waals surface area contributed by atoms with Crippen LogP contribution in [-0.2, 0) is 9.59 Å². The van der Waals surface area contributed by atoms with E-state index in [4.69, 9.17) is 4.74 Å². The average Bonchev–Trinajstić information content (AvgIpc) is 3.42. The minimum Gasteiger partial charge on any atom is -0.422 e. The summed E-state index contributed by atoms with van der Waals surface area (Å²) in [6.07, 6.45) is 4.99. The molecule has 5 rings (SSSR count). The first-order chi connectivity index (χ1) is 14.5. The monoisotopic (exact) mass is 401 g/mol. The molecule has 4 unspecified atom stereocenters. The van der Waals surface area contributed by atoms with Crippen molar-refractivity contribution in [3.05, 3.63) is 71.8 Å². The Morgan fingerprint density at radius 3 is 2.10 bits per heavy atom. The molecule has 2 aromatic rings. The molecule has 0 radical (unpaired) electrons. The second-order valence-corrected chi connectivity index (χ2v) is 8.00. The van der Waals surface area contributed by atoms with E-state index in [2.05, 4.69) is 12.2 Å². The normalized spacial score (nSPS) is 26.2. The van der Waals surface area contributed by atoms with Gasteiger partial charge in [0, 0.05) is 0 Å². The van der Waals surface area contributed by atoms with Gasteiger partial charge in [-0.15, -0.1) is 0 Å². The van der Waals surface area contributed by atoms with Crippen LogP contribution < -0.4 is 9.64 Å². The van der Waals surface area contributed by atoms with Crippen molar-refractivity contribution in [1.82, 2.24) is 0 Å². The predicted molar refractivity (Wildman–Crippen MR) is 108 cm³/mol. The van der Waals surface area contributed by atoms with Crippen molar-refractivity contribution in [3.8, 4) is 5.75 Å². The Labute approximate surface area is 173 Å². The van der Waals surface area contributed by atoms with Crippen LogP contribution in [0.5, 0.6) is 5.75 Å². The molecule has 1 saturated heterocycles. The number of hydrogen-bond acceptors (Lipinski definition) is 5. The number of para-hydroxylation sites is 1. The molecule has 1 aliphatic heterocycles. The maximum Gasteiger partial charge on any atom is 0.343 e.